The molecule has 0 aliphatic heterocycles. The van der Waals surface area contributed by atoms with E-state index < -0.39 is 17.2 Å². The number of hydrogen-bond donors (Lipinski definition) is 1. The molecule has 0 fully saturated rings. The van der Waals surface area contributed by atoms with Crippen molar-refractivity contribution in [3.8, 4) is 0 Å². The third kappa shape index (κ3) is 3.42. The van der Waals surface area contributed by atoms with E-state index in [1.54, 1.807) is 6.92 Å². The number of hydrogen-bond acceptors (Lipinski definition) is 1. The molecule has 106 valence electrons. The van der Waals surface area contributed by atoms with Gasteiger partial charge in [0, 0.05) is 12.5 Å². The van der Waals surface area contributed by atoms with Crippen LogP contribution < -0.4 is 0 Å². The van der Waals surface area contributed by atoms with Gasteiger partial charge in [0.2, 0.25) is 0 Å². The minimum Gasteiger partial charge on any atom is -0.385 e. The second-order valence-electron chi connectivity index (χ2n) is 5.60. The van der Waals surface area contributed by atoms with E-state index >= 15 is 0 Å². The maximum absolute atomic E-state index is 13.3. The molecule has 2 aromatic carbocycles. The Morgan fingerprint density at radius 1 is 0.900 bits per heavy atom. The largest absolute Gasteiger partial charge is 0.385 e. The summed E-state index contributed by atoms with van der Waals surface area (Å²) < 4.78 is 26.5. The lowest BCUT2D eigenvalue weighted by molar-refractivity contribution is 0.0569. The lowest BCUT2D eigenvalue weighted by atomic mass is 9.88. The zero-order chi connectivity index (χ0) is 14.9. The van der Waals surface area contributed by atoms with Gasteiger partial charge in [-0.2, -0.15) is 0 Å². The van der Waals surface area contributed by atoms with Gasteiger partial charge in [-0.15, -0.1) is 0 Å². The molecule has 0 aliphatic carbocycles. The highest BCUT2D eigenvalue weighted by Gasteiger charge is 2.25. The molecule has 1 atom stereocenters. The van der Waals surface area contributed by atoms with Crippen LogP contribution in [-0.4, -0.2) is 5.11 Å². The summed E-state index contributed by atoms with van der Waals surface area (Å²) in [6.45, 7) is 5.53. The molecule has 20 heavy (non-hydrogen) atoms. The minimum absolute atomic E-state index is 0.245. The molecule has 0 saturated heterocycles. The van der Waals surface area contributed by atoms with Gasteiger partial charge < -0.3 is 5.11 Å². The molecule has 0 spiro atoms. The topological polar surface area (TPSA) is 20.2 Å². The molecule has 1 nitrogen and oxygen atoms in total. The standard InChI is InChI=1S/C17H18F2O/c1-11-4-12(2)6-13(5-11)10-17(3,20)14-7-15(18)9-16(19)8-14/h4-9,20H,10H2,1-3H3. The van der Waals surface area contributed by atoms with E-state index in [1.807, 2.05) is 32.0 Å². The highest BCUT2D eigenvalue weighted by molar-refractivity contribution is 5.32. The number of aliphatic hydroxyl groups is 1. The second-order valence-corrected chi connectivity index (χ2v) is 5.60. The van der Waals surface area contributed by atoms with E-state index in [0.717, 1.165) is 22.8 Å². The minimum atomic E-state index is -1.32. The SMILES string of the molecule is Cc1cc(C)cc(CC(C)(O)c2cc(F)cc(F)c2)c1. The molecule has 0 aliphatic rings. The monoisotopic (exact) mass is 276 g/mol. The summed E-state index contributed by atoms with van der Waals surface area (Å²) in [6, 6.07) is 9.13. The first-order valence-corrected chi connectivity index (χ1v) is 6.52. The highest BCUT2D eigenvalue weighted by Crippen LogP contribution is 2.27. The summed E-state index contributed by atoms with van der Waals surface area (Å²) in [5.41, 5.74) is 2.07. The van der Waals surface area contributed by atoms with Gasteiger partial charge in [-0.3, -0.25) is 0 Å². The maximum atomic E-state index is 13.3. The predicted molar refractivity (Wildman–Crippen MR) is 75.5 cm³/mol. The Hall–Kier alpha value is -1.74. The number of aryl methyl sites for hydroxylation is 2. The van der Waals surface area contributed by atoms with Crippen molar-refractivity contribution >= 4 is 0 Å². The van der Waals surface area contributed by atoms with Crippen LogP contribution in [0.5, 0.6) is 0 Å². The Morgan fingerprint density at radius 3 is 1.90 bits per heavy atom. The molecular weight excluding hydrogens is 258 g/mol. The summed E-state index contributed by atoms with van der Waals surface area (Å²) in [6.07, 6.45) is 0.304. The molecule has 2 rings (SSSR count). The average molecular weight is 276 g/mol. The lowest BCUT2D eigenvalue weighted by Crippen LogP contribution is -2.24. The first-order valence-electron chi connectivity index (χ1n) is 6.52. The molecule has 0 heterocycles. The molecule has 0 saturated carbocycles. The third-order valence-electron chi connectivity index (χ3n) is 3.31. The van der Waals surface area contributed by atoms with E-state index in [1.165, 1.54) is 12.1 Å². The molecule has 1 unspecified atom stereocenters. The zero-order valence-electron chi connectivity index (χ0n) is 11.9. The number of benzene rings is 2. The highest BCUT2D eigenvalue weighted by atomic mass is 19.1. The summed E-state index contributed by atoms with van der Waals surface area (Å²) in [7, 11) is 0. The smallest absolute Gasteiger partial charge is 0.126 e. The van der Waals surface area contributed by atoms with Crippen molar-refractivity contribution in [1.29, 1.82) is 0 Å². The van der Waals surface area contributed by atoms with Crippen LogP contribution in [0, 0.1) is 25.5 Å². The van der Waals surface area contributed by atoms with E-state index in [2.05, 4.69) is 0 Å². The Morgan fingerprint density at radius 2 is 1.40 bits per heavy atom. The van der Waals surface area contributed by atoms with Crippen LogP contribution in [0.25, 0.3) is 0 Å². The Labute approximate surface area is 117 Å². The quantitative estimate of drug-likeness (QED) is 0.897. The molecule has 1 N–H and O–H groups in total. The van der Waals surface area contributed by atoms with Crippen LogP contribution in [0.2, 0.25) is 0 Å². The van der Waals surface area contributed by atoms with E-state index in [-0.39, 0.29) is 5.56 Å². The Kier molecular flexibility index (Phi) is 3.91. The van der Waals surface area contributed by atoms with Gasteiger partial charge in [0.05, 0.1) is 5.60 Å². The van der Waals surface area contributed by atoms with Gasteiger partial charge in [0.15, 0.2) is 0 Å². The molecule has 3 heteroatoms. The molecule has 0 bridgehead atoms. The van der Waals surface area contributed by atoms with Crippen LogP contribution >= 0.6 is 0 Å². The van der Waals surface area contributed by atoms with Crippen LogP contribution in [0.1, 0.15) is 29.2 Å². The van der Waals surface area contributed by atoms with Gasteiger partial charge in [0.1, 0.15) is 11.6 Å². The molecular formula is C17H18F2O. The van der Waals surface area contributed by atoms with Gasteiger partial charge in [-0.05, 0) is 44.0 Å². The fourth-order valence-electron chi connectivity index (χ4n) is 2.54. The predicted octanol–water partition coefficient (Wildman–Crippen LogP) is 4.03. The third-order valence-corrected chi connectivity index (χ3v) is 3.31. The molecule has 0 aromatic heterocycles. The van der Waals surface area contributed by atoms with E-state index in [4.69, 9.17) is 0 Å². The summed E-state index contributed by atoms with van der Waals surface area (Å²) in [5.74, 6) is -1.36. The Bertz CT molecular complexity index is 592. The molecule has 0 radical (unpaired) electrons. The van der Waals surface area contributed by atoms with Crippen molar-refractivity contribution in [2.75, 3.05) is 0 Å². The fraction of sp³-hybridized carbons (Fsp3) is 0.294. The first kappa shape index (κ1) is 14.7. The van der Waals surface area contributed by atoms with Crippen LogP contribution in [-0.2, 0) is 12.0 Å². The van der Waals surface area contributed by atoms with Crippen molar-refractivity contribution in [1.82, 2.24) is 0 Å². The van der Waals surface area contributed by atoms with Crippen molar-refractivity contribution < 1.29 is 13.9 Å². The summed E-state index contributed by atoms with van der Waals surface area (Å²) in [4.78, 5) is 0. The summed E-state index contributed by atoms with van der Waals surface area (Å²) in [5, 5.41) is 10.5. The van der Waals surface area contributed by atoms with Crippen LogP contribution in [0.3, 0.4) is 0 Å². The summed E-state index contributed by atoms with van der Waals surface area (Å²) >= 11 is 0. The van der Waals surface area contributed by atoms with E-state index in [9.17, 15) is 13.9 Å². The second kappa shape index (κ2) is 5.33. The average Bonchev–Trinajstić information content (AvgIpc) is 2.25. The first-order chi connectivity index (χ1) is 9.26. The zero-order valence-corrected chi connectivity index (χ0v) is 11.9. The lowest BCUT2D eigenvalue weighted by Gasteiger charge is -2.24. The van der Waals surface area contributed by atoms with Crippen LogP contribution in [0.4, 0.5) is 8.78 Å². The maximum Gasteiger partial charge on any atom is 0.126 e. The normalized spacial score (nSPS) is 14.1. The van der Waals surface area contributed by atoms with Gasteiger partial charge in [-0.1, -0.05) is 29.3 Å². The van der Waals surface area contributed by atoms with Crippen molar-refractivity contribution in [2.24, 2.45) is 0 Å². The van der Waals surface area contributed by atoms with Crippen LogP contribution in [0.15, 0.2) is 36.4 Å². The fourth-order valence-corrected chi connectivity index (χ4v) is 2.54. The van der Waals surface area contributed by atoms with Gasteiger partial charge >= 0.3 is 0 Å². The van der Waals surface area contributed by atoms with Gasteiger partial charge in [0.25, 0.3) is 0 Å². The number of halogens is 2. The Balaban J connectivity index is 2.34. The molecule has 2 aromatic rings. The van der Waals surface area contributed by atoms with Crippen molar-refractivity contribution in [3.63, 3.8) is 0 Å². The molecule has 0 amide bonds. The van der Waals surface area contributed by atoms with Crippen molar-refractivity contribution in [3.05, 3.63) is 70.3 Å². The van der Waals surface area contributed by atoms with Crippen molar-refractivity contribution in [2.45, 2.75) is 32.8 Å². The van der Waals surface area contributed by atoms with Gasteiger partial charge in [-0.25, -0.2) is 8.78 Å². The van der Waals surface area contributed by atoms with E-state index in [0.29, 0.717) is 6.42 Å². The number of rotatable bonds is 3.